The predicted molar refractivity (Wildman–Crippen MR) is 172 cm³/mol. The largest absolute Gasteiger partial charge is 0.379 e. The average Bonchev–Trinajstić information content (AvgIpc) is 3.54. The zero-order valence-electron chi connectivity index (χ0n) is 25.2. The third kappa shape index (κ3) is 5.65. The van der Waals surface area contributed by atoms with E-state index < -0.39 is 0 Å². The molecule has 2 fully saturated rings. The zero-order valence-corrected chi connectivity index (χ0v) is 25.2. The highest BCUT2D eigenvalue weighted by molar-refractivity contribution is 6.05. The topological polar surface area (TPSA) is 110 Å². The van der Waals surface area contributed by atoms with Crippen LogP contribution in [0.2, 0.25) is 0 Å². The molecule has 10 heteroatoms. The number of amides is 2. The van der Waals surface area contributed by atoms with Crippen molar-refractivity contribution in [3.05, 3.63) is 108 Å². The van der Waals surface area contributed by atoms with Crippen LogP contribution in [-0.4, -0.2) is 70.6 Å². The molecule has 2 N–H and O–H groups in total. The van der Waals surface area contributed by atoms with Gasteiger partial charge in [0, 0.05) is 60.1 Å². The van der Waals surface area contributed by atoms with Gasteiger partial charge in [-0.1, -0.05) is 31.2 Å². The number of hydrogen-bond donors (Lipinski definition) is 2. The van der Waals surface area contributed by atoms with Crippen molar-refractivity contribution in [2.75, 3.05) is 50.2 Å². The number of morpholine rings is 1. The minimum absolute atomic E-state index is 0.0194. The van der Waals surface area contributed by atoms with Crippen LogP contribution in [0.15, 0.2) is 85.5 Å². The van der Waals surface area contributed by atoms with E-state index in [1.807, 2.05) is 72.2 Å². The molecule has 0 atom stereocenters. The van der Waals surface area contributed by atoms with Gasteiger partial charge in [-0.3, -0.25) is 9.59 Å². The summed E-state index contributed by atoms with van der Waals surface area (Å²) in [6.45, 7) is 7.83. The second kappa shape index (κ2) is 11.8. The van der Waals surface area contributed by atoms with Gasteiger partial charge >= 0.3 is 0 Å². The minimum Gasteiger partial charge on any atom is -0.379 e. The Bertz CT molecular complexity index is 1870. The second-order valence-corrected chi connectivity index (χ2v) is 11.8. The van der Waals surface area contributed by atoms with E-state index in [-0.39, 0.29) is 17.2 Å². The maximum Gasteiger partial charge on any atom is 0.255 e. The summed E-state index contributed by atoms with van der Waals surface area (Å²) in [6, 6.07) is 19.3. The van der Waals surface area contributed by atoms with Crippen LogP contribution in [0.1, 0.15) is 38.8 Å². The van der Waals surface area contributed by atoms with Gasteiger partial charge in [-0.25, -0.2) is 9.97 Å². The van der Waals surface area contributed by atoms with Gasteiger partial charge in [-0.05, 0) is 60.0 Å². The summed E-state index contributed by atoms with van der Waals surface area (Å²) in [7, 11) is 0. The van der Waals surface area contributed by atoms with Crippen LogP contribution in [-0.2, 0) is 14.9 Å². The van der Waals surface area contributed by atoms with E-state index in [0.717, 1.165) is 33.7 Å². The summed E-state index contributed by atoms with van der Waals surface area (Å²) in [5.74, 6) is 0.386. The van der Waals surface area contributed by atoms with Crippen LogP contribution in [0.5, 0.6) is 0 Å². The molecule has 0 radical (unpaired) electrons. The zero-order chi connectivity index (χ0) is 31.0. The van der Waals surface area contributed by atoms with E-state index >= 15 is 0 Å². The third-order valence-corrected chi connectivity index (χ3v) is 8.64. The Morgan fingerprint density at radius 1 is 0.911 bits per heavy atom. The maximum atomic E-state index is 13.2. The highest BCUT2D eigenvalue weighted by atomic mass is 16.5. The molecule has 2 aliphatic rings. The number of imidazole rings is 1. The molecule has 10 nitrogen and oxygen atoms in total. The number of ether oxygens (including phenoxy) is 2. The highest BCUT2D eigenvalue weighted by Crippen LogP contribution is 2.34. The van der Waals surface area contributed by atoms with Gasteiger partial charge in [-0.2, -0.15) is 0 Å². The fraction of sp³-hybridized carbons (Fsp3) is 0.257. The number of nitrogens with one attached hydrogen (secondary N) is 2. The molecule has 0 bridgehead atoms. The van der Waals surface area contributed by atoms with E-state index in [0.29, 0.717) is 56.5 Å². The van der Waals surface area contributed by atoms with Crippen molar-refractivity contribution in [3.63, 3.8) is 0 Å². The Labute approximate surface area is 261 Å². The third-order valence-electron chi connectivity index (χ3n) is 8.64. The molecule has 0 spiro atoms. The minimum atomic E-state index is -0.161. The summed E-state index contributed by atoms with van der Waals surface area (Å²) in [6.07, 6.45) is 7.25. The molecule has 2 aromatic carbocycles. The van der Waals surface area contributed by atoms with E-state index in [1.54, 1.807) is 29.4 Å². The molecule has 45 heavy (non-hydrogen) atoms. The number of anilines is 3. The van der Waals surface area contributed by atoms with Crippen LogP contribution in [0.4, 0.5) is 17.2 Å². The molecule has 5 aromatic rings. The van der Waals surface area contributed by atoms with Crippen LogP contribution < -0.4 is 10.6 Å². The van der Waals surface area contributed by atoms with Crippen molar-refractivity contribution in [2.45, 2.75) is 19.3 Å². The Kier molecular flexibility index (Phi) is 7.52. The molecule has 5 heterocycles. The maximum absolute atomic E-state index is 13.2. The van der Waals surface area contributed by atoms with Crippen LogP contribution >= 0.6 is 0 Å². The smallest absolute Gasteiger partial charge is 0.255 e. The number of benzene rings is 2. The number of aromatic nitrogens is 3. The van der Waals surface area contributed by atoms with Crippen molar-refractivity contribution in [1.29, 1.82) is 0 Å². The molecule has 2 saturated heterocycles. The van der Waals surface area contributed by atoms with Gasteiger partial charge < -0.3 is 29.4 Å². The number of fused-ring (bicyclic) bond motifs is 1. The molecule has 228 valence electrons. The van der Waals surface area contributed by atoms with Gasteiger partial charge in [0.25, 0.3) is 11.8 Å². The van der Waals surface area contributed by atoms with Crippen molar-refractivity contribution >= 4 is 34.7 Å². The van der Waals surface area contributed by atoms with E-state index in [2.05, 4.69) is 27.5 Å². The summed E-state index contributed by atoms with van der Waals surface area (Å²) < 4.78 is 12.7. The van der Waals surface area contributed by atoms with E-state index in [4.69, 9.17) is 9.47 Å². The first-order valence-corrected chi connectivity index (χ1v) is 15.0. The van der Waals surface area contributed by atoms with Gasteiger partial charge in [0.05, 0.1) is 37.7 Å². The number of pyridine rings is 2. The quantitative estimate of drug-likeness (QED) is 0.255. The Morgan fingerprint density at radius 2 is 1.69 bits per heavy atom. The first-order chi connectivity index (χ1) is 21.9. The fourth-order valence-electron chi connectivity index (χ4n) is 5.83. The monoisotopic (exact) mass is 602 g/mol. The van der Waals surface area contributed by atoms with Crippen molar-refractivity contribution in [3.8, 4) is 11.1 Å². The average molecular weight is 603 g/mol. The number of carbonyl (C=O) groups is 2. The van der Waals surface area contributed by atoms with Gasteiger partial charge in [0.15, 0.2) is 5.65 Å². The summed E-state index contributed by atoms with van der Waals surface area (Å²) >= 11 is 0. The molecule has 7 rings (SSSR count). The van der Waals surface area contributed by atoms with Gasteiger partial charge in [-0.15, -0.1) is 0 Å². The first-order valence-electron chi connectivity index (χ1n) is 15.0. The molecule has 2 amide bonds. The molecule has 0 unspecified atom stereocenters. The van der Waals surface area contributed by atoms with Crippen LogP contribution in [0, 0.1) is 6.92 Å². The standard InChI is InChI=1S/C35H34N6O4/c1-23-28(4-3-5-29(23)39-33(42)24-6-9-27(10-7-24)35(2)21-45-22-35)26-18-30(32-36-12-13-41(32)20-26)38-31-11-8-25(19-37-31)34(43)40-14-16-44-17-15-40/h3-13,18-20H,14-17,21-22H2,1-2H3,(H,37,38)(H,39,42). The molecule has 3 aromatic heterocycles. The lowest BCUT2D eigenvalue weighted by Gasteiger charge is -2.38. The molecular weight excluding hydrogens is 568 g/mol. The number of hydrogen-bond acceptors (Lipinski definition) is 7. The second-order valence-electron chi connectivity index (χ2n) is 11.8. The number of carbonyl (C=O) groups excluding carboxylic acids is 2. The molecule has 0 saturated carbocycles. The van der Waals surface area contributed by atoms with Crippen molar-refractivity contribution in [2.24, 2.45) is 0 Å². The summed E-state index contributed by atoms with van der Waals surface area (Å²) in [5.41, 5.74) is 7.42. The van der Waals surface area contributed by atoms with Crippen molar-refractivity contribution in [1.82, 2.24) is 19.3 Å². The molecule has 2 aliphatic heterocycles. The van der Waals surface area contributed by atoms with Crippen molar-refractivity contribution < 1.29 is 19.1 Å². The summed E-state index contributed by atoms with van der Waals surface area (Å²) in [5, 5.41) is 6.48. The Hall–Kier alpha value is -5.06. The lowest BCUT2D eigenvalue weighted by atomic mass is 9.80. The van der Waals surface area contributed by atoms with Crippen LogP contribution in [0.3, 0.4) is 0 Å². The molecule has 0 aliphatic carbocycles. The van der Waals surface area contributed by atoms with E-state index in [9.17, 15) is 9.59 Å². The van der Waals surface area contributed by atoms with E-state index in [1.165, 1.54) is 5.56 Å². The predicted octanol–water partition coefficient (Wildman–Crippen LogP) is 5.46. The lowest BCUT2D eigenvalue weighted by molar-refractivity contribution is -0.0500. The highest BCUT2D eigenvalue weighted by Gasteiger charge is 2.35. The lowest BCUT2D eigenvalue weighted by Crippen LogP contribution is -2.43. The van der Waals surface area contributed by atoms with Gasteiger partial charge in [0.2, 0.25) is 0 Å². The number of nitrogens with zero attached hydrogens (tertiary/aromatic N) is 4. The van der Waals surface area contributed by atoms with Crippen LogP contribution in [0.25, 0.3) is 16.8 Å². The normalized spacial score (nSPS) is 15.8. The fourth-order valence-corrected chi connectivity index (χ4v) is 5.83. The SMILES string of the molecule is Cc1c(NC(=O)c2ccc(C3(C)COC3)cc2)cccc1-c1cc(Nc2ccc(C(=O)N3CCOCC3)cn2)c2nccn2c1. The molecular formula is C35H34N6O4. The Balaban J connectivity index is 1.12. The Morgan fingerprint density at radius 3 is 2.40 bits per heavy atom. The van der Waals surface area contributed by atoms with Gasteiger partial charge in [0.1, 0.15) is 5.82 Å². The summed E-state index contributed by atoms with van der Waals surface area (Å²) in [4.78, 5) is 36.9. The number of rotatable bonds is 7. The first kappa shape index (κ1) is 28.7.